The minimum atomic E-state index is -2.15. The van der Waals surface area contributed by atoms with E-state index >= 15 is 0 Å². The summed E-state index contributed by atoms with van der Waals surface area (Å²) in [7, 11) is 0. The van der Waals surface area contributed by atoms with Gasteiger partial charge in [0, 0.05) is 12.5 Å². The van der Waals surface area contributed by atoms with Crippen LogP contribution in [0.15, 0.2) is 53.6 Å². The highest BCUT2D eigenvalue weighted by atomic mass is 16.8. The highest BCUT2D eigenvalue weighted by molar-refractivity contribution is 5.90. The first kappa shape index (κ1) is 77.9. The molecule has 29 heteroatoms. The molecule has 12 N–H and O–H groups in total. The Morgan fingerprint density at radius 2 is 1.31 bits per heavy atom. The third-order valence-electron chi connectivity index (χ3n) is 24.9. The minimum absolute atomic E-state index is 0.0673. The van der Waals surface area contributed by atoms with Crippen LogP contribution in [0.5, 0.6) is 0 Å². The second kappa shape index (κ2) is 29.7. The van der Waals surface area contributed by atoms with Gasteiger partial charge in [-0.2, -0.15) is 0 Å². The van der Waals surface area contributed by atoms with E-state index < -0.39 is 242 Å². The quantitative estimate of drug-likeness (QED) is 0.0305. The molecule has 0 aromatic heterocycles. The maximum Gasteiger partial charge on any atom is 0.338 e. The molecule has 4 saturated carbocycles. The maximum atomic E-state index is 13.8. The average Bonchev–Trinajstić information content (AvgIpc) is 0.668. The summed E-state index contributed by atoms with van der Waals surface area (Å²) in [5.74, 6) is -6.67. The molecule has 31 atom stereocenters. The molecular weight excluding hydrogens is 1320 g/mol. The number of aliphatic carboxylic acids is 1. The van der Waals surface area contributed by atoms with Crippen molar-refractivity contribution >= 4 is 29.8 Å². The van der Waals surface area contributed by atoms with Gasteiger partial charge in [0.15, 0.2) is 43.5 Å². The van der Waals surface area contributed by atoms with Crippen molar-refractivity contribution in [2.45, 2.75) is 269 Å². The first-order chi connectivity index (χ1) is 46.9. The van der Waals surface area contributed by atoms with Crippen LogP contribution >= 0.6 is 0 Å². The molecule has 4 saturated heterocycles. The topological polar surface area (TPSA) is 439 Å². The molecule has 1 unspecified atom stereocenters. The van der Waals surface area contributed by atoms with Crippen LogP contribution in [0.25, 0.3) is 0 Å². The smallest absolute Gasteiger partial charge is 0.338 e. The summed E-state index contributed by atoms with van der Waals surface area (Å²) in [5.41, 5.74) is -3.80. The highest BCUT2D eigenvalue weighted by Gasteiger charge is 2.74. The number of rotatable bonds is 19. The second-order valence-corrected chi connectivity index (χ2v) is 31.3. The number of carboxylic acid groups (broad SMARTS) is 1. The Bertz CT molecular complexity index is 3160. The number of carboxylic acids is 1. The van der Waals surface area contributed by atoms with E-state index in [1.54, 1.807) is 37.3 Å². The standard InChI is InChI=1S/C71H104O29/c1-13-31(2)59(86)96-52-40(93-60(87)32(3)33(4)91-61(88)35-17-15-14-16-18-35)29-90-63(51(52)83)100-56-57(92-34(5)74)71(30-73)37(25-66(56,6)7)36-19-20-42-68(10)23-22-44(67(8,9)41(68)21-24-69(42,11)70(36,12)26-43(71)76)95-65-55(99-64-49(81)47(79)46(78)39(27-72)94-64)53(50(82)54(98-65)58(84)85)97-62-48(80)45(77)38(75)28-89-62/h13-19,32-33,37-57,62-65,72-73,75-83H,20-30H2,1-12H3,(H,84,85)/t32-,33+,37?,38-,39-,40+,41+,42-,43-,44+,45+,46+,47+,48-,49-,50+,51-,52+,53+,54+,55-,56+,57+,62+,63+,64+,65-,68+,69-,70-,71+/m1/s1. The van der Waals surface area contributed by atoms with Crippen molar-refractivity contribution in [3.05, 3.63) is 59.2 Å². The molecule has 10 rings (SSSR count). The molecule has 0 amide bonds. The number of benzene rings is 1. The number of esters is 4. The van der Waals surface area contributed by atoms with Gasteiger partial charge in [0.2, 0.25) is 0 Å². The van der Waals surface area contributed by atoms with Crippen molar-refractivity contribution in [3.8, 4) is 0 Å². The van der Waals surface area contributed by atoms with Crippen molar-refractivity contribution < 1.29 is 142 Å². The molecule has 9 aliphatic rings. The predicted molar refractivity (Wildman–Crippen MR) is 343 cm³/mol. The Balaban J connectivity index is 0.909. The van der Waals surface area contributed by atoms with Crippen molar-refractivity contribution in [2.24, 2.45) is 56.2 Å². The number of carbonyl (C=O) groups excluding carboxylic acids is 4. The van der Waals surface area contributed by atoms with Crippen molar-refractivity contribution in [1.29, 1.82) is 0 Å². The Kier molecular flexibility index (Phi) is 23.1. The third-order valence-corrected chi connectivity index (χ3v) is 24.9. The van der Waals surface area contributed by atoms with E-state index in [9.17, 15) is 85.3 Å². The van der Waals surface area contributed by atoms with E-state index in [0.717, 1.165) is 5.57 Å². The Labute approximate surface area is 580 Å². The zero-order valence-corrected chi connectivity index (χ0v) is 58.7. The number of ether oxygens (including phenoxy) is 12. The van der Waals surface area contributed by atoms with Crippen molar-refractivity contribution in [1.82, 2.24) is 0 Å². The number of aliphatic hydroxyl groups excluding tert-OH is 11. The lowest BCUT2D eigenvalue weighted by Gasteiger charge is -2.72. The van der Waals surface area contributed by atoms with Crippen LogP contribution in [-0.4, -0.2) is 259 Å². The predicted octanol–water partition coefficient (Wildman–Crippen LogP) is 1.24. The number of carbonyl (C=O) groups is 5. The normalized spacial score (nSPS) is 45.2. The van der Waals surface area contributed by atoms with Gasteiger partial charge >= 0.3 is 29.8 Å². The van der Waals surface area contributed by atoms with Crippen LogP contribution in [0.1, 0.15) is 138 Å². The first-order valence-electron chi connectivity index (χ1n) is 34.8. The van der Waals surface area contributed by atoms with Gasteiger partial charge in [-0.3, -0.25) is 9.59 Å². The Morgan fingerprint density at radius 1 is 0.660 bits per heavy atom. The monoisotopic (exact) mass is 1420 g/mol. The summed E-state index contributed by atoms with van der Waals surface area (Å²) >= 11 is 0. The van der Waals surface area contributed by atoms with Crippen LogP contribution in [-0.2, 0) is 76.0 Å². The van der Waals surface area contributed by atoms with E-state index in [0.29, 0.717) is 32.1 Å². The fourth-order valence-corrected chi connectivity index (χ4v) is 18.6. The lowest BCUT2D eigenvalue weighted by atomic mass is 9.33. The molecule has 0 spiro atoms. The molecule has 0 radical (unpaired) electrons. The van der Waals surface area contributed by atoms with Gasteiger partial charge in [0.25, 0.3) is 0 Å². The summed E-state index contributed by atoms with van der Waals surface area (Å²) in [6, 6.07) is 8.20. The molecule has 100 heavy (non-hydrogen) atoms. The van der Waals surface area contributed by atoms with E-state index in [-0.39, 0.29) is 35.8 Å². The summed E-state index contributed by atoms with van der Waals surface area (Å²) in [5, 5.41) is 135. The fourth-order valence-electron chi connectivity index (χ4n) is 18.6. The molecule has 1 aromatic carbocycles. The van der Waals surface area contributed by atoms with E-state index in [1.807, 2.05) is 27.7 Å². The second-order valence-electron chi connectivity index (χ2n) is 31.3. The van der Waals surface area contributed by atoms with Crippen molar-refractivity contribution in [2.75, 3.05) is 26.4 Å². The third kappa shape index (κ3) is 13.8. The number of allylic oxidation sites excluding steroid dienone is 3. The Hall–Kier alpha value is -4.71. The maximum absolute atomic E-state index is 13.8. The van der Waals surface area contributed by atoms with Crippen LogP contribution in [0.2, 0.25) is 0 Å². The fraction of sp³-hybridized carbons (Fsp3) is 0.789. The number of aliphatic hydroxyl groups is 11. The van der Waals surface area contributed by atoms with Gasteiger partial charge in [0.1, 0.15) is 85.5 Å². The van der Waals surface area contributed by atoms with Gasteiger partial charge in [-0.15, -0.1) is 0 Å². The molecule has 4 aliphatic heterocycles. The lowest BCUT2D eigenvalue weighted by Crippen LogP contribution is -2.73. The van der Waals surface area contributed by atoms with Gasteiger partial charge in [0.05, 0.1) is 55.5 Å². The van der Waals surface area contributed by atoms with Crippen LogP contribution in [0, 0.1) is 56.2 Å². The molecule has 8 fully saturated rings. The zero-order chi connectivity index (χ0) is 73.4. The minimum Gasteiger partial charge on any atom is -0.479 e. The first-order valence-corrected chi connectivity index (χ1v) is 34.8. The molecule has 562 valence electrons. The summed E-state index contributed by atoms with van der Waals surface area (Å²) in [6.07, 6.45) is -31.6. The largest absolute Gasteiger partial charge is 0.479 e. The van der Waals surface area contributed by atoms with Gasteiger partial charge < -0.3 is 118 Å². The highest BCUT2D eigenvalue weighted by Crippen LogP contribution is 2.76. The molecular formula is C71H104O29. The molecule has 29 nitrogen and oxygen atoms in total. The summed E-state index contributed by atoms with van der Waals surface area (Å²) in [4.78, 5) is 66.9. The SMILES string of the molecule is CC=C(C)C(=O)O[C@@H]1[C@@H](O)[C@H](O[C@H]2[C@H](OC(C)=O)[C@@]3(CO)C(CC2(C)C)C2=CC[C@@H]4[C@@]5(C)CC[C@H](O[C@@H]6O[C@H](C(=O)O)[C@@H](O)[C@H](O[C@@H]7OC[C@@H](O)[C@H](O)[C@H]7O)[C@H]6O[C@@H]6O[C@H](CO)[C@H](O)[C@H](O)[C@H]6O)C(C)(C)[C@@H]5CC[C@@]4(C)[C@]2(C)C[C@H]3O)OC[C@@H]1OC(=O)[C@H](C)[C@H](C)OC(=O)c1ccccc1. The van der Waals surface area contributed by atoms with Crippen LogP contribution < -0.4 is 0 Å². The van der Waals surface area contributed by atoms with E-state index in [2.05, 4.69) is 26.8 Å². The lowest BCUT2D eigenvalue weighted by molar-refractivity contribution is -0.392. The van der Waals surface area contributed by atoms with E-state index in [4.69, 9.17) is 56.8 Å². The van der Waals surface area contributed by atoms with Crippen LogP contribution in [0.4, 0.5) is 0 Å². The Morgan fingerprint density at radius 3 is 1.95 bits per heavy atom. The molecule has 0 bridgehead atoms. The molecule has 5 aliphatic carbocycles. The molecule has 4 heterocycles. The average molecular weight is 1420 g/mol. The number of hydrogen-bond acceptors (Lipinski definition) is 28. The van der Waals surface area contributed by atoms with Crippen LogP contribution in [0.3, 0.4) is 0 Å². The van der Waals surface area contributed by atoms with Gasteiger partial charge in [-0.25, -0.2) is 14.4 Å². The summed E-state index contributed by atoms with van der Waals surface area (Å²) in [6.45, 7) is 19.3. The number of hydrogen-bond donors (Lipinski definition) is 12. The number of fused-ring (bicyclic) bond motifs is 7. The van der Waals surface area contributed by atoms with Gasteiger partial charge in [-0.05, 0) is 130 Å². The zero-order valence-electron chi connectivity index (χ0n) is 58.7. The van der Waals surface area contributed by atoms with E-state index in [1.165, 1.54) is 33.8 Å². The summed E-state index contributed by atoms with van der Waals surface area (Å²) < 4.78 is 73.3. The van der Waals surface area contributed by atoms with Crippen molar-refractivity contribution in [3.63, 3.8) is 0 Å². The van der Waals surface area contributed by atoms with Gasteiger partial charge in [-0.1, -0.05) is 84.4 Å². The molecule has 1 aromatic rings.